The quantitative estimate of drug-likeness (QED) is 0.654. The highest BCUT2D eigenvalue weighted by Crippen LogP contribution is 2.19. The summed E-state index contributed by atoms with van der Waals surface area (Å²) < 4.78 is 0. The van der Waals surface area contributed by atoms with Crippen molar-refractivity contribution < 1.29 is 30.0 Å². The van der Waals surface area contributed by atoms with Crippen molar-refractivity contribution in [3.63, 3.8) is 0 Å². The van der Waals surface area contributed by atoms with E-state index in [0.29, 0.717) is 12.0 Å². The lowest BCUT2D eigenvalue weighted by Crippen LogP contribution is -2.31. The fourth-order valence-electron chi connectivity index (χ4n) is 1.43. The largest absolute Gasteiger partial charge is 0.479 e. The highest BCUT2D eigenvalue weighted by Gasteiger charge is 2.31. The maximum Gasteiger partial charge on any atom is 0.340 e. The Hall–Kier alpha value is -1.92. The molecule has 0 heterocycles. The summed E-state index contributed by atoms with van der Waals surface area (Å²) in [6.07, 6.45) is -0.861. The third-order valence-electron chi connectivity index (χ3n) is 2.73. The van der Waals surface area contributed by atoms with E-state index in [0.717, 1.165) is 0 Å². The Morgan fingerprint density at radius 1 is 1.14 bits per heavy atom. The molecule has 0 aromatic heterocycles. The molecule has 4 N–H and O–H groups in total. The van der Waals surface area contributed by atoms with Crippen molar-refractivity contribution in [1.82, 2.24) is 0 Å². The SMILES string of the molecule is CC(C)CC(O)C(=O)O.CC(O)(C(=O)O)c1ccccc1. The smallest absolute Gasteiger partial charge is 0.340 e. The van der Waals surface area contributed by atoms with Crippen molar-refractivity contribution in [2.24, 2.45) is 5.92 Å². The number of rotatable bonds is 5. The van der Waals surface area contributed by atoms with E-state index in [-0.39, 0.29) is 5.92 Å². The lowest BCUT2D eigenvalue weighted by atomic mass is 9.97. The van der Waals surface area contributed by atoms with E-state index in [4.69, 9.17) is 15.3 Å². The number of aliphatic hydroxyl groups is 2. The first-order chi connectivity index (χ1) is 9.59. The molecule has 1 aromatic rings. The van der Waals surface area contributed by atoms with Crippen LogP contribution < -0.4 is 0 Å². The molecule has 0 bridgehead atoms. The van der Waals surface area contributed by atoms with Gasteiger partial charge in [0.2, 0.25) is 0 Å². The molecular weight excluding hydrogens is 276 g/mol. The first-order valence-electron chi connectivity index (χ1n) is 6.51. The first-order valence-corrected chi connectivity index (χ1v) is 6.51. The second-order valence-corrected chi connectivity index (χ2v) is 5.23. The number of hydrogen-bond acceptors (Lipinski definition) is 4. The molecule has 0 aliphatic heterocycles. The molecular formula is C15H22O6. The first kappa shape index (κ1) is 19.1. The van der Waals surface area contributed by atoms with Gasteiger partial charge in [0.05, 0.1) is 0 Å². The van der Waals surface area contributed by atoms with Crippen molar-refractivity contribution >= 4 is 11.9 Å². The molecule has 6 nitrogen and oxygen atoms in total. The average molecular weight is 298 g/mol. The standard InChI is InChI=1S/C9H10O3.C6H12O3/c1-9(12,8(10)11)7-5-3-2-4-6-7;1-4(2)3-5(7)6(8)9/h2-6,12H,1H3,(H,10,11);4-5,7H,3H2,1-2H3,(H,8,9). The molecule has 0 spiro atoms. The minimum atomic E-state index is -1.79. The Labute approximate surface area is 123 Å². The van der Waals surface area contributed by atoms with Crippen molar-refractivity contribution in [3.05, 3.63) is 35.9 Å². The van der Waals surface area contributed by atoms with Crippen molar-refractivity contribution in [2.75, 3.05) is 0 Å². The van der Waals surface area contributed by atoms with E-state index < -0.39 is 23.6 Å². The summed E-state index contributed by atoms with van der Waals surface area (Å²) in [4.78, 5) is 20.6. The number of carboxylic acid groups (broad SMARTS) is 2. The summed E-state index contributed by atoms with van der Waals surface area (Å²) in [6.45, 7) is 4.99. The van der Waals surface area contributed by atoms with Crippen molar-refractivity contribution in [1.29, 1.82) is 0 Å². The van der Waals surface area contributed by atoms with Gasteiger partial charge in [0, 0.05) is 0 Å². The van der Waals surface area contributed by atoms with Crippen LogP contribution in [0.4, 0.5) is 0 Å². The summed E-state index contributed by atoms with van der Waals surface area (Å²) in [6, 6.07) is 8.29. The number of carboxylic acids is 2. The van der Waals surface area contributed by atoms with Gasteiger partial charge >= 0.3 is 11.9 Å². The molecule has 21 heavy (non-hydrogen) atoms. The summed E-state index contributed by atoms with van der Waals surface area (Å²) in [5.41, 5.74) is -1.40. The minimum Gasteiger partial charge on any atom is -0.479 e. The van der Waals surface area contributed by atoms with Crippen LogP contribution in [0.2, 0.25) is 0 Å². The highest BCUT2D eigenvalue weighted by atomic mass is 16.4. The van der Waals surface area contributed by atoms with Crippen molar-refractivity contribution in [2.45, 2.75) is 38.9 Å². The number of aliphatic hydroxyl groups excluding tert-OH is 1. The Bertz CT molecular complexity index is 452. The number of carbonyl (C=O) groups is 2. The molecule has 0 fully saturated rings. The van der Waals surface area contributed by atoms with E-state index in [2.05, 4.69) is 0 Å². The zero-order chi connectivity index (χ0) is 16.6. The van der Waals surface area contributed by atoms with Gasteiger partial charge in [-0.25, -0.2) is 9.59 Å². The van der Waals surface area contributed by atoms with Crippen LogP contribution in [-0.4, -0.2) is 38.5 Å². The van der Waals surface area contributed by atoms with Gasteiger partial charge in [0.1, 0.15) is 0 Å². The Balaban J connectivity index is 0.000000400. The second kappa shape index (κ2) is 8.39. The lowest BCUT2D eigenvalue weighted by molar-refractivity contribution is -0.157. The van der Waals surface area contributed by atoms with Gasteiger partial charge in [-0.3, -0.25) is 0 Å². The topological polar surface area (TPSA) is 115 Å². The molecule has 0 saturated heterocycles. The minimum absolute atomic E-state index is 0.232. The van der Waals surface area contributed by atoms with Crippen molar-refractivity contribution in [3.8, 4) is 0 Å². The average Bonchev–Trinajstić information content (AvgIpc) is 2.39. The third-order valence-corrected chi connectivity index (χ3v) is 2.73. The predicted molar refractivity (Wildman–Crippen MR) is 76.7 cm³/mol. The van der Waals surface area contributed by atoms with Gasteiger partial charge in [-0.2, -0.15) is 0 Å². The molecule has 0 radical (unpaired) electrons. The van der Waals surface area contributed by atoms with Gasteiger partial charge in [-0.05, 0) is 24.8 Å². The molecule has 0 aliphatic carbocycles. The van der Waals surface area contributed by atoms with Crippen LogP contribution in [-0.2, 0) is 15.2 Å². The maximum atomic E-state index is 10.6. The molecule has 0 aliphatic rings. The zero-order valence-electron chi connectivity index (χ0n) is 12.4. The zero-order valence-corrected chi connectivity index (χ0v) is 12.4. The Morgan fingerprint density at radius 3 is 1.90 bits per heavy atom. The van der Waals surface area contributed by atoms with Gasteiger partial charge < -0.3 is 20.4 Å². The van der Waals surface area contributed by atoms with Crippen LogP contribution >= 0.6 is 0 Å². The number of benzene rings is 1. The lowest BCUT2D eigenvalue weighted by Gasteiger charge is -2.17. The van der Waals surface area contributed by atoms with E-state index in [1.165, 1.54) is 6.92 Å². The Kier molecular flexibility index (Phi) is 7.62. The number of hydrogen-bond donors (Lipinski definition) is 4. The summed E-state index contributed by atoms with van der Waals surface area (Å²) in [5, 5.41) is 35.0. The fraction of sp³-hybridized carbons (Fsp3) is 0.467. The highest BCUT2D eigenvalue weighted by molar-refractivity contribution is 5.78. The normalized spacial score (nSPS) is 14.6. The van der Waals surface area contributed by atoms with E-state index >= 15 is 0 Å². The fourth-order valence-corrected chi connectivity index (χ4v) is 1.43. The van der Waals surface area contributed by atoms with Crippen LogP contribution in [0.1, 0.15) is 32.8 Å². The number of aliphatic carboxylic acids is 2. The summed E-state index contributed by atoms with van der Waals surface area (Å²) in [5.74, 6) is -2.14. The molecule has 1 rings (SSSR count). The van der Waals surface area contributed by atoms with Gasteiger partial charge in [-0.15, -0.1) is 0 Å². The van der Waals surface area contributed by atoms with E-state index in [1.807, 2.05) is 13.8 Å². The molecule has 6 heteroatoms. The molecule has 2 atom stereocenters. The van der Waals surface area contributed by atoms with E-state index in [9.17, 15) is 14.7 Å². The van der Waals surface area contributed by atoms with Gasteiger partial charge in [-0.1, -0.05) is 44.2 Å². The monoisotopic (exact) mass is 298 g/mol. The molecule has 0 amide bonds. The van der Waals surface area contributed by atoms with Gasteiger partial charge in [0.15, 0.2) is 11.7 Å². The van der Waals surface area contributed by atoms with E-state index in [1.54, 1.807) is 30.3 Å². The van der Waals surface area contributed by atoms with Crippen LogP contribution in [0, 0.1) is 5.92 Å². The third kappa shape index (κ3) is 6.87. The summed E-state index contributed by atoms with van der Waals surface area (Å²) in [7, 11) is 0. The molecule has 0 saturated carbocycles. The molecule has 118 valence electrons. The second-order valence-electron chi connectivity index (χ2n) is 5.23. The predicted octanol–water partition coefficient (Wildman–Crippen LogP) is 1.46. The molecule has 2 unspecified atom stereocenters. The van der Waals surface area contributed by atoms with Crippen LogP contribution in [0.5, 0.6) is 0 Å². The Morgan fingerprint density at radius 2 is 1.62 bits per heavy atom. The summed E-state index contributed by atoms with van der Waals surface area (Å²) >= 11 is 0. The van der Waals surface area contributed by atoms with Gasteiger partial charge in [0.25, 0.3) is 0 Å². The van der Waals surface area contributed by atoms with Crippen LogP contribution in [0.25, 0.3) is 0 Å². The van der Waals surface area contributed by atoms with Crippen LogP contribution in [0.3, 0.4) is 0 Å². The van der Waals surface area contributed by atoms with Crippen LogP contribution in [0.15, 0.2) is 30.3 Å². The maximum absolute atomic E-state index is 10.6. The molecule has 1 aromatic carbocycles.